The Bertz CT molecular complexity index is 928. The first-order chi connectivity index (χ1) is 11.5. The summed E-state index contributed by atoms with van der Waals surface area (Å²) < 4.78 is 0. The van der Waals surface area contributed by atoms with Gasteiger partial charge in [0.2, 0.25) is 0 Å². The molecule has 1 aromatic carbocycles. The summed E-state index contributed by atoms with van der Waals surface area (Å²) in [5.74, 6) is -1.41. The average molecular weight is 358 g/mol. The first kappa shape index (κ1) is 16.4. The lowest BCUT2D eigenvalue weighted by Crippen LogP contribution is -2.13. The average Bonchev–Trinajstić information content (AvgIpc) is 3.13. The van der Waals surface area contributed by atoms with Gasteiger partial charge in [-0.25, -0.2) is 9.78 Å². The number of anilines is 1. The van der Waals surface area contributed by atoms with E-state index in [-0.39, 0.29) is 11.5 Å². The van der Waals surface area contributed by atoms with Gasteiger partial charge in [0.15, 0.2) is 0 Å². The Morgan fingerprint density at radius 3 is 2.58 bits per heavy atom. The molecule has 0 spiro atoms. The molecule has 0 aliphatic heterocycles. The van der Waals surface area contributed by atoms with Crippen molar-refractivity contribution in [2.45, 2.75) is 13.8 Å². The first-order valence-electron chi connectivity index (χ1n) is 7.11. The highest BCUT2D eigenvalue weighted by Crippen LogP contribution is 2.37. The predicted molar refractivity (Wildman–Crippen MR) is 96.3 cm³/mol. The summed E-state index contributed by atoms with van der Waals surface area (Å²) in [5, 5.41) is 16.8. The van der Waals surface area contributed by atoms with Crippen LogP contribution in [0, 0.1) is 13.8 Å². The van der Waals surface area contributed by atoms with E-state index < -0.39 is 5.97 Å². The molecule has 0 saturated heterocycles. The summed E-state index contributed by atoms with van der Waals surface area (Å²) in [6.07, 6.45) is 0. The Morgan fingerprint density at radius 2 is 1.96 bits per heavy atom. The van der Waals surface area contributed by atoms with Crippen molar-refractivity contribution >= 4 is 39.6 Å². The lowest BCUT2D eigenvalue weighted by Gasteiger charge is -2.06. The highest BCUT2D eigenvalue weighted by Gasteiger charge is 2.23. The number of thiazole rings is 1. The van der Waals surface area contributed by atoms with Crippen LogP contribution in [-0.4, -0.2) is 22.0 Å². The van der Waals surface area contributed by atoms with E-state index in [9.17, 15) is 14.7 Å². The predicted octanol–water partition coefficient (Wildman–Crippen LogP) is 4.44. The maximum atomic E-state index is 12.4. The highest BCUT2D eigenvalue weighted by atomic mass is 32.1. The SMILES string of the molecule is Cc1cccc(C(=O)Nc2scc(-c3nc(C)cs3)c2C(=O)O)c1. The normalized spacial score (nSPS) is 10.6. The van der Waals surface area contributed by atoms with Crippen LogP contribution in [0.4, 0.5) is 5.00 Å². The van der Waals surface area contributed by atoms with E-state index in [0.29, 0.717) is 21.1 Å². The standard InChI is InChI=1S/C17H14N2O3S2/c1-9-4-3-5-11(6-9)14(20)19-16-13(17(21)22)12(8-24-16)15-18-10(2)7-23-15/h3-8H,1-2H3,(H,19,20)(H,21,22). The molecule has 2 aromatic heterocycles. The lowest BCUT2D eigenvalue weighted by atomic mass is 10.1. The molecule has 0 aliphatic rings. The van der Waals surface area contributed by atoms with Crippen LogP contribution in [0.5, 0.6) is 0 Å². The number of hydrogen-bond acceptors (Lipinski definition) is 5. The van der Waals surface area contributed by atoms with Crippen LogP contribution in [0.2, 0.25) is 0 Å². The number of carboxylic acids is 1. The molecule has 0 aliphatic carbocycles. The van der Waals surface area contributed by atoms with E-state index in [2.05, 4.69) is 10.3 Å². The number of amides is 1. The molecule has 0 unspecified atom stereocenters. The first-order valence-corrected chi connectivity index (χ1v) is 8.87. The molecule has 24 heavy (non-hydrogen) atoms. The number of benzene rings is 1. The molecule has 122 valence electrons. The van der Waals surface area contributed by atoms with Crippen molar-refractivity contribution in [1.29, 1.82) is 0 Å². The Labute approximate surface area is 146 Å². The number of aryl methyl sites for hydroxylation is 2. The molecule has 5 nitrogen and oxygen atoms in total. The van der Waals surface area contributed by atoms with Gasteiger partial charge in [0, 0.05) is 27.6 Å². The van der Waals surface area contributed by atoms with Crippen LogP contribution in [-0.2, 0) is 0 Å². The Kier molecular flexibility index (Phi) is 4.46. The van der Waals surface area contributed by atoms with E-state index in [1.165, 1.54) is 22.7 Å². The van der Waals surface area contributed by atoms with Gasteiger partial charge in [-0.2, -0.15) is 0 Å². The minimum Gasteiger partial charge on any atom is -0.478 e. The van der Waals surface area contributed by atoms with Gasteiger partial charge in [0.05, 0.1) is 0 Å². The number of rotatable bonds is 4. The fourth-order valence-electron chi connectivity index (χ4n) is 2.26. The zero-order chi connectivity index (χ0) is 17.3. The quantitative estimate of drug-likeness (QED) is 0.723. The minimum atomic E-state index is -1.08. The number of carbonyl (C=O) groups excluding carboxylic acids is 1. The number of hydrogen-bond donors (Lipinski definition) is 2. The van der Waals surface area contributed by atoms with Crippen molar-refractivity contribution in [2.75, 3.05) is 5.32 Å². The maximum Gasteiger partial charge on any atom is 0.339 e. The van der Waals surface area contributed by atoms with E-state index in [4.69, 9.17) is 0 Å². The third-order valence-electron chi connectivity index (χ3n) is 3.36. The largest absolute Gasteiger partial charge is 0.478 e. The summed E-state index contributed by atoms with van der Waals surface area (Å²) in [7, 11) is 0. The Morgan fingerprint density at radius 1 is 1.17 bits per heavy atom. The number of nitrogens with one attached hydrogen (secondary N) is 1. The summed E-state index contributed by atoms with van der Waals surface area (Å²) in [6.45, 7) is 3.75. The van der Waals surface area contributed by atoms with Crippen LogP contribution in [0.3, 0.4) is 0 Å². The number of carboxylic acid groups (broad SMARTS) is 1. The summed E-state index contributed by atoms with van der Waals surface area (Å²) in [4.78, 5) is 28.4. The summed E-state index contributed by atoms with van der Waals surface area (Å²) >= 11 is 2.57. The second kappa shape index (κ2) is 6.54. The van der Waals surface area contributed by atoms with Crippen LogP contribution in [0.15, 0.2) is 35.0 Å². The molecule has 2 heterocycles. The number of aromatic nitrogens is 1. The fourth-order valence-corrected chi connectivity index (χ4v) is 4.08. The maximum absolute atomic E-state index is 12.4. The van der Waals surface area contributed by atoms with Crippen LogP contribution in [0.1, 0.15) is 32.0 Å². The minimum absolute atomic E-state index is 0.0790. The van der Waals surface area contributed by atoms with Gasteiger partial charge in [-0.15, -0.1) is 22.7 Å². The molecular weight excluding hydrogens is 344 g/mol. The molecule has 2 N–H and O–H groups in total. The second-order valence-corrected chi connectivity index (χ2v) is 7.01. The molecule has 0 saturated carbocycles. The van der Waals surface area contributed by atoms with Crippen LogP contribution >= 0.6 is 22.7 Å². The third kappa shape index (κ3) is 3.22. The molecule has 0 atom stereocenters. The molecule has 3 rings (SSSR count). The lowest BCUT2D eigenvalue weighted by molar-refractivity contribution is 0.0699. The zero-order valence-corrected chi connectivity index (χ0v) is 14.6. The van der Waals surface area contributed by atoms with Gasteiger partial charge >= 0.3 is 5.97 Å². The van der Waals surface area contributed by atoms with Gasteiger partial charge in [-0.3, -0.25) is 4.79 Å². The van der Waals surface area contributed by atoms with E-state index >= 15 is 0 Å². The Balaban J connectivity index is 1.95. The third-order valence-corrected chi connectivity index (χ3v) is 5.25. The smallest absolute Gasteiger partial charge is 0.339 e. The van der Waals surface area contributed by atoms with Gasteiger partial charge in [0.1, 0.15) is 15.6 Å². The van der Waals surface area contributed by atoms with Crippen molar-refractivity contribution in [1.82, 2.24) is 4.98 Å². The van der Waals surface area contributed by atoms with E-state index in [1.54, 1.807) is 23.6 Å². The molecular formula is C17H14N2O3S2. The van der Waals surface area contributed by atoms with Gasteiger partial charge in [-0.05, 0) is 26.0 Å². The Hall–Kier alpha value is -2.51. The molecule has 0 fully saturated rings. The zero-order valence-electron chi connectivity index (χ0n) is 13.0. The van der Waals surface area contributed by atoms with Crippen molar-refractivity contribution in [3.05, 3.63) is 57.4 Å². The van der Waals surface area contributed by atoms with E-state index in [0.717, 1.165) is 11.3 Å². The number of nitrogens with zero attached hydrogens (tertiary/aromatic N) is 1. The fraction of sp³-hybridized carbons (Fsp3) is 0.118. The van der Waals surface area contributed by atoms with Crippen molar-refractivity contribution in [3.8, 4) is 10.6 Å². The van der Waals surface area contributed by atoms with Crippen molar-refractivity contribution in [2.24, 2.45) is 0 Å². The van der Waals surface area contributed by atoms with Gasteiger partial charge < -0.3 is 10.4 Å². The number of carbonyl (C=O) groups is 2. The number of aromatic carboxylic acids is 1. The second-order valence-electron chi connectivity index (χ2n) is 5.28. The topological polar surface area (TPSA) is 79.3 Å². The highest BCUT2D eigenvalue weighted by molar-refractivity contribution is 7.17. The molecule has 0 bridgehead atoms. The van der Waals surface area contributed by atoms with Crippen LogP contribution in [0.25, 0.3) is 10.6 Å². The molecule has 1 amide bonds. The molecule has 3 aromatic rings. The van der Waals surface area contributed by atoms with Gasteiger partial charge in [-0.1, -0.05) is 17.7 Å². The molecule has 0 radical (unpaired) electrons. The summed E-state index contributed by atoms with van der Waals surface area (Å²) in [6, 6.07) is 7.14. The van der Waals surface area contributed by atoms with Crippen molar-refractivity contribution < 1.29 is 14.7 Å². The van der Waals surface area contributed by atoms with Crippen molar-refractivity contribution in [3.63, 3.8) is 0 Å². The monoisotopic (exact) mass is 358 g/mol. The van der Waals surface area contributed by atoms with Crippen LogP contribution < -0.4 is 5.32 Å². The summed E-state index contributed by atoms with van der Waals surface area (Å²) in [5.41, 5.74) is 2.90. The van der Waals surface area contributed by atoms with E-state index in [1.807, 2.05) is 25.3 Å². The van der Waals surface area contributed by atoms with Gasteiger partial charge in [0.25, 0.3) is 5.91 Å². The molecule has 7 heteroatoms. The number of thiophene rings is 1.